The van der Waals surface area contributed by atoms with Gasteiger partial charge in [-0.3, -0.25) is 0 Å². The van der Waals surface area contributed by atoms with Crippen LogP contribution in [-0.2, 0) is 0 Å². The van der Waals surface area contributed by atoms with Gasteiger partial charge in [-0.15, -0.1) is 0 Å². The van der Waals surface area contributed by atoms with E-state index in [-0.39, 0.29) is 6.17 Å². The fraction of sp³-hybridized carbons (Fsp3) is 0.167. The van der Waals surface area contributed by atoms with Crippen molar-refractivity contribution in [1.29, 1.82) is 0 Å². The van der Waals surface area contributed by atoms with Gasteiger partial charge in [-0.1, -0.05) is 89.5 Å². The number of amidine groups is 2. The van der Waals surface area contributed by atoms with Gasteiger partial charge in [-0.05, 0) is 26.3 Å². The van der Waals surface area contributed by atoms with Crippen LogP contribution in [-0.4, -0.2) is 11.7 Å². The molecule has 1 N–H and O–H groups in total. The Kier molecular flexibility index (Phi) is 4.59. The largest absolute Gasteiger partial charge is 0.324 e. The highest BCUT2D eigenvalue weighted by molar-refractivity contribution is 6.15. The Balaban J connectivity index is 1.76. The molecular weight excluding hydrogens is 330 g/mol. The highest BCUT2D eigenvalue weighted by Crippen LogP contribution is 2.24. The molecule has 1 aliphatic rings. The van der Waals surface area contributed by atoms with E-state index in [0.29, 0.717) is 0 Å². The van der Waals surface area contributed by atoms with Crippen LogP contribution in [0, 0.1) is 20.8 Å². The summed E-state index contributed by atoms with van der Waals surface area (Å²) in [6.45, 7) is 6.27. The lowest BCUT2D eigenvalue weighted by atomic mass is 10.1. The topological polar surface area (TPSA) is 36.8 Å². The Morgan fingerprint density at radius 2 is 0.926 bits per heavy atom. The van der Waals surface area contributed by atoms with Crippen LogP contribution in [0.3, 0.4) is 0 Å². The summed E-state index contributed by atoms with van der Waals surface area (Å²) in [5.74, 6) is 1.71. The molecule has 27 heavy (non-hydrogen) atoms. The first-order valence-electron chi connectivity index (χ1n) is 9.22. The summed E-state index contributed by atoms with van der Waals surface area (Å²) in [4.78, 5) is 9.79. The van der Waals surface area contributed by atoms with E-state index in [0.717, 1.165) is 28.4 Å². The molecule has 3 nitrogen and oxygen atoms in total. The number of rotatable bonds is 3. The molecule has 0 fully saturated rings. The molecular formula is C24H23N3. The Bertz CT molecular complexity index is 934. The molecule has 3 heteroatoms. The van der Waals surface area contributed by atoms with E-state index < -0.39 is 0 Å². The number of nitrogens with zero attached hydrogens (tertiary/aromatic N) is 2. The zero-order valence-electron chi connectivity index (χ0n) is 15.9. The third-order valence-electron chi connectivity index (χ3n) is 4.77. The van der Waals surface area contributed by atoms with E-state index >= 15 is 0 Å². The van der Waals surface area contributed by atoms with Crippen LogP contribution < -0.4 is 5.32 Å². The van der Waals surface area contributed by atoms with Crippen molar-refractivity contribution in [2.24, 2.45) is 9.98 Å². The maximum Gasteiger partial charge on any atom is 0.169 e. The summed E-state index contributed by atoms with van der Waals surface area (Å²) < 4.78 is 0. The van der Waals surface area contributed by atoms with Gasteiger partial charge in [-0.25, -0.2) is 9.98 Å². The fourth-order valence-corrected chi connectivity index (χ4v) is 3.05. The molecule has 0 aromatic heterocycles. The highest BCUT2D eigenvalue weighted by Gasteiger charge is 2.20. The summed E-state index contributed by atoms with van der Waals surface area (Å²) >= 11 is 0. The van der Waals surface area contributed by atoms with Crippen LogP contribution >= 0.6 is 0 Å². The number of hydrogen-bond donors (Lipinski definition) is 1. The van der Waals surface area contributed by atoms with E-state index in [4.69, 9.17) is 9.98 Å². The van der Waals surface area contributed by atoms with Crippen LogP contribution in [0.4, 0.5) is 0 Å². The van der Waals surface area contributed by atoms with Crippen LogP contribution in [0.25, 0.3) is 0 Å². The predicted octanol–water partition coefficient (Wildman–Crippen LogP) is 5.11. The molecule has 0 atom stereocenters. The summed E-state index contributed by atoms with van der Waals surface area (Å²) in [6, 6.07) is 25.3. The smallest absolute Gasteiger partial charge is 0.169 e. The summed E-state index contributed by atoms with van der Waals surface area (Å²) in [5.41, 5.74) is 6.93. The van der Waals surface area contributed by atoms with Gasteiger partial charge in [0.1, 0.15) is 11.7 Å². The molecule has 0 bridgehead atoms. The number of hydrogen-bond acceptors (Lipinski definition) is 3. The molecule has 0 saturated heterocycles. The molecule has 0 saturated carbocycles. The first-order valence-corrected chi connectivity index (χ1v) is 9.22. The molecule has 0 amide bonds. The zero-order valence-corrected chi connectivity index (χ0v) is 15.9. The third-order valence-corrected chi connectivity index (χ3v) is 4.77. The van der Waals surface area contributed by atoms with Crippen LogP contribution in [0.5, 0.6) is 0 Å². The molecule has 0 spiro atoms. The van der Waals surface area contributed by atoms with Gasteiger partial charge in [-0.2, -0.15) is 0 Å². The normalized spacial score (nSPS) is 14.3. The first-order chi connectivity index (χ1) is 13.1. The Labute approximate surface area is 160 Å². The second kappa shape index (κ2) is 7.20. The molecule has 3 aromatic rings. The Hall–Kier alpha value is -3.20. The number of aryl methyl sites for hydroxylation is 3. The lowest BCUT2D eigenvalue weighted by Gasteiger charge is -2.22. The summed E-state index contributed by atoms with van der Waals surface area (Å²) in [7, 11) is 0. The molecule has 1 heterocycles. The second-order valence-electron chi connectivity index (χ2n) is 7.10. The lowest BCUT2D eigenvalue weighted by Crippen LogP contribution is -2.36. The molecule has 3 aromatic carbocycles. The van der Waals surface area contributed by atoms with E-state index in [9.17, 15) is 0 Å². The van der Waals surface area contributed by atoms with Crippen LogP contribution in [0.1, 0.15) is 39.5 Å². The van der Waals surface area contributed by atoms with E-state index in [1.165, 1.54) is 16.7 Å². The minimum absolute atomic E-state index is 0.251. The zero-order chi connectivity index (χ0) is 18.8. The molecule has 0 unspecified atom stereocenters. The Morgan fingerprint density at radius 3 is 1.33 bits per heavy atom. The minimum atomic E-state index is -0.251. The van der Waals surface area contributed by atoms with Crippen molar-refractivity contribution in [3.8, 4) is 0 Å². The average molecular weight is 353 g/mol. The van der Waals surface area contributed by atoms with E-state index in [1.54, 1.807) is 0 Å². The maximum absolute atomic E-state index is 4.89. The SMILES string of the molecule is Cc1ccc(C2=NC(c3ccc(C)cc3)N=C(c3ccc(C)cc3)N2)cc1. The van der Waals surface area contributed by atoms with Gasteiger partial charge in [0, 0.05) is 11.1 Å². The van der Waals surface area contributed by atoms with Crippen molar-refractivity contribution in [2.75, 3.05) is 0 Å². The van der Waals surface area contributed by atoms with E-state index in [2.05, 4.69) is 98.9 Å². The van der Waals surface area contributed by atoms with Crippen molar-refractivity contribution in [1.82, 2.24) is 5.32 Å². The highest BCUT2D eigenvalue weighted by atomic mass is 15.2. The van der Waals surface area contributed by atoms with Crippen LogP contribution in [0.15, 0.2) is 82.8 Å². The first kappa shape index (κ1) is 17.2. The third kappa shape index (κ3) is 3.82. The minimum Gasteiger partial charge on any atom is -0.324 e. The van der Waals surface area contributed by atoms with Crippen molar-refractivity contribution in [3.63, 3.8) is 0 Å². The molecule has 1 aliphatic heterocycles. The van der Waals surface area contributed by atoms with Crippen LogP contribution in [0.2, 0.25) is 0 Å². The van der Waals surface area contributed by atoms with E-state index in [1.807, 2.05) is 0 Å². The molecule has 0 radical (unpaired) electrons. The Morgan fingerprint density at radius 1 is 0.556 bits per heavy atom. The van der Waals surface area contributed by atoms with Gasteiger partial charge < -0.3 is 5.32 Å². The molecule has 134 valence electrons. The van der Waals surface area contributed by atoms with Crippen molar-refractivity contribution >= 4 is 11.7 Å². The van der Waals surface area contributed by atoms with Crippen molar-refractivity contribution in [2.45, 2.75) is 26.9 Å². The molecule has 0 aliphatic carbocycles. The number of nitrogens with one attached hydrogen (secondary N) is 1. The quantitative estimate of drug-likeness (QED) is 0.698. The predicted molar refractivity (Wildman–Crippen MR) is 112 cm³/mol. The van der Waals surface area contributed by atoms with Crippen molar-refractivity contribution < 1.29 is 0 Å². The standard InChI is InChI=1S/C24H23N3/c1-16-4-10-19(11-5-16)22-25-23(20-12-6-17(2)7-13-20)27-24(26-22)21-14-8-18(3)9-15-21/h4-15,22H,1-3H3,(H,25,26,27). The van der Waals surface area contributed by atoms with Gasteiger partial charge in [0.2, 0.25) is 0 Å². The monoisotopic (exact) mass is 353 g/mol. The number of benzene rings is 3. The summed E-state index contributed by atoms with van der Waals surface area (Å²) in [5, 5.41) is 3.44. The number of aliphatic imine (C=N–C) groups is 2. The molecule has 4 rings (SSSR count). The van der Waals surface area contributed by atoms with Gasteiger partial charge >= 0.3 is 0 Å². The average Bonchev–Trinajstić information content (AvgIpc) is 2.69. The lowest BCUT2D eigenvalue weighted by molar-refractivity contribution is 0.755. The van der Waals surface area contributed by atoms with Gasteiger partial charge in [0.05, 0.1) is 0 Å². The summed E-state index contributed by atoms with van der Waals surface area (Å²) in [6.07, 6.45) is -0.251. The van der Waals surface area contributed by atoms with Gasteiger partial charge in [0.25, 0.3) is 0 Å². The second-order valence-corrected chi connectivity index (χ2v) is 7.10. The van der Waals surface area contributed by atoms with Gasteiger partial charge in [0.15, 0.2) is 6.17 Å². The maximum atomic E-state index is 4.89. The van der Waals surface area contributed by atoms with Crippen molar-refractivity contribution in [3.05, 3.63) is 106 Å². The fourth-order valence-electron chi connectivity index (χ4n) is 3.05.